The van der Waals surface area contributed by atoms with E-state index in [9.17, 15) is 4.79 Å². The van der Waals surface area contributed by atoms with E-state index in [1.165, 1.54) is 4.90 Å². The Morgan fingerprint density at radius 3 is 2.67 bits per heavy atom. The zero-order valence-electron chi connectivity index (χ0n) is 10.9. The molecule has 4 heteroatoms. The van der Waals surface area contributed by atoms with Crippen LogP contribution < -0.4 is 10.6 Å². The molecule has 0 unspecified atom stereocenters. The molecule has 0 saturated heterocycles. The van der Waals surface area contributed by atoms with Crippen molar-refractivity contribution in [2.75, 3.05) is 25.4 Å². The SMILES string of the molecule is CCCNCCNC(=O)CCSc1ccccc1. The van der Waals surface area contributed by atoms with Gasteiger partial charge >= 0.3 is 0 Å². The summed E-state index contributed by atoms with van der Waals surface area (Å²) in [4.78, 5) is 12.7. The maximum Gasteiger partial charge on any atom is 0.220 e. The third kappa shape index (κ3) is 7.35. The molecule has 3 nitrogen and oxygen atoms in total. The number of thioether (sulfide) groups is 1. The fraction of sp³-hybridized carbons (Fsp3) is 0.500. The Morgan fingerprint density at radius 2 is 1.94 bits per heavy atom. The second-order valence-electron chi connectivity index (χ2n) is 4.01. The summed E-state index contributed by atoms with van der Waals surface area (Å²) in [5.41, 5.74) is 0. The lowest BCUT2D eigenvalue weighted by Gasteiger charge is -2.06. The van der Waals surface area contributed by atoms with Crippen LogP contribution in [0.3, 0.4) is 0 Å². The number of carbonyl (C=O) groups is 1. The van der Waals surface area contributed by atoms with Gasteiger partial charge in [-0.3, -0.25) is 4.79 Å². The topological polar surface area (TPSA) is 41.1 Å². The van der Waals surface area contributed by atoms with E-state index >= 15 is 0 Å². The van der Waals surface area contributed by atoms with Gasteiger partial charge in [-0.15, -0.1) is 11.8 Å². The van der Waals surface area contributed by atoms with Gasteiger partial charge in [-0.05, 0) is 25.1 Å². The molecule has 0 spiro atoms. The van der Waals surface area contributed by atoms with Gasteiger partial charge in [0.05, 0.1) is 0 Å². The predicted octanol–water partition coefficient (Wildman–Crippen LogP) is 2.28. The normalized spacial score (nSPS) is 10.3. The number of nitrogens with one attached hydrogen (secondary N) is 2. The van der Waals surface area contributed by atoms with Gasteiger partial charge < -0.3 is 10.6 Å². The molecule has 1 rings (SSSR count). The Morgan fingerprint density at radius 1 is 1.17 bits per heavy atom. The molecule has 0 fully saturated rings. The van der Waals surface area contributed by atoms with Crippen LogP contribution in [0.25, 0.3) is 0 Å². The van der Waals surface area contributed by atoms with Gasteiger partial charge in [-0.1, -0.05) is 25.1 Å². The molecule has 0 aliphatic heterocycles. The minimum absolute atomic E-state index is 0.136. The molecule has 0 saturated carbocycles. The zero-order chi connectivity index (χ0) is 13.1. The van der Waals surface area contributed by atoms with E-state index in [1.807, 2.05) is 18.2 Å². The molecule has 1 amide bonds. The van der Waals surface area contributed by atoms with Gasteiger partial charge in [0.15, 0.2) is 0 Å². The maximum absolute atomic E-state index is 11.5. The maximum atomic E-state index is 11.5. The van der Waals surface area contributed by atoms with Crippen LogP contribution >= 0.6 is 11.8 Å². The van der Waals surface area contributed by atoms with Crippen molar-refractivity contribution in [1.82, 2.24) is 10.6 Å². The number of hydrogen-bond acceptors (Lipinski definition) is 3. The Labute approximate surface area is 114 Å². The fourth-order valence-corrected chi connectivity index (χ4v) is 2.33. The predicted molar refractivity (Wildman–Crippen MR) is 78.0 cm³/mol. The van der Waals surface area contributed by atoms with Gasteiger partial charge in [-0.25, -0.2) is 0 Å². The van der Waals surface area contributed by atoms with Crippen LogP contribution in [0.4, 0.5) is 0 Å². The third-order valence-electron chi connectivity index (χ3n) is 2.39. The average molecular weight is 266 g/mol. The number of carbonyl (C=O) groups excluding carboxylic acids is 1. The summed E-state index contributed by atoms with van der Waals surface area (Å²) in [6.07, 6.45) is 1.70. The molecule has 18 heavy (non-hydrogen) atoms. The second-order valence-corrected chi connectivity index (χ2v) is 5.18. The molecule has 1 aromatic carbocycles. The van der Waals surface area contributed by atoms with Gasteiger partial charge in [0.1, 0.15) is 0 Å². The Hall–Kier alpha value is -1.00. The quantitative estimate of drug-likeness (QED) is 0.532. The Kier molecular flexibility index (Phi) is 8.34. The molecule has 0 heterocycles. The Bertz CT molecular complexity index is 330. The van der Waals surface area contributed by atoms with Gasteiger partial charge in [0.25, 0.3) is 0 Å². The van der Waals surface area contributed by atoms with E-state index in [-0.39, 0.29) is 5.91 Å². The van der Waals surface area contributed by atoms with Crippen molar-refractivity contribution in [3.05, 3.63) is 30.3 Å². The van der Waals surface area contributed by atoms with Gasteiger partial charge in [0, 0.05) is 30.2 Å². The first kappa shape index (κ1) is 15.1. The van der Waals surface area contributed by atoms with E-state index in [0.29, 0.717) is 6.42 Å². The summed E-state index contributed by atoms with van der Waals surface area (Å²) in [7, 11) is 0. The number of benzene rings is 1. The fourth-order valence-electron chi connectivity index (χ4n) is 1.46. The van der Waals surface area contributed by atoms with E-state index in [0.717, 1.165) is 31.8 Å². The highest BCUT2D eigenvalue weighted by molar-refractivity contribution is 7.99. The summed E-state index contributed by atoms with van der Waals surface area (Å²) in [5.74, 6) is 0.967. The van der Waals surface area contributed by atoms with Crippen molar-refractivity contribution < 1.29 is 4.79 Å². The standard InChI is InChI=1S/C14H22N2OS/c1-2-9-15-10-11-16-14(17)8-12-18-13-6-4-3-5-7-13/h3-7,15H,2,8-12H2,1H3,(H,16,17). The second kappa shape index (κ2) is 9.97. The van der Waals surface area contributed by atoms with Crippen molar-refractivity contribution in [1.29, 1.82) is 0 Å². The summed E-state index contributed by atoms with van der Waals surface area (Å²) in [5, 5.41) is 6.17. The first-order valence-corrected chi connectivity index (χ1v) is 7.46. The first-order valence-electron chi connectivity index (χ1n) is 6.48. The van der Waals surface area contributed by atoms with Crippen LogP contribution in [0.2, 0.25) is 0 Å². The van der Waals surface area contributed by atoms with E-state index < -0.39 is 0 Å². The van der Waals surface area contributed by atoms with Crippen molar-refractivity contribution in [2.24, 2.45) is 0 Å². The van der Waals surface area contributed by atoms with Crippen LogP contribution in [-0.4, -0.2) is 31.3 Å². The third-order valence-corrected chi connectivity index (χ3v) is 3.41. The summed E-state index contributed by atoms with van der Waals surface area (Å²) in [6, 6.07) is 10.2. The molecule has 0 atom stereocenters. The molecule has 0 radical (unpaired) electrons. The van der Waals surface area contributed by atoms with Crippen molar-refractivity contribution in [2.45, 2.75) is 24.7 Å². The minimum atomic E-state index is 0.136. The smallest absolute Gasteiger partial charge is 0.220 e. The highest BCUT2D eigenvalue weighted by Crippen LogP contribution is 2.17. The highest BCUT2D eigenvalue weighted by atomic mass is 32.2. The van der Waals surface area contributed by atoms with Gasteiger partial charge in [0.2, 0.25) is 5.91 Å². The molecule has 0 aliphatic carbocycles. The van der Waals surface area contributed by atoms with E-state index in [1.54, 1.807) is 11.8 Å². The molecule has 0 bridgehead atoms. The number of rotatable bonds is 9. The van der Waals surface area contributed by atoms with Crippen LogP contribution in [0, 0.1) is 0 Å². The van der Waals surface area contributed by atoms with Crippen molar-refractivity contribution in [3.63, 3.8) is 0 Å². The van der Waals surface area contributed by atoms with Crippen LogP contribution in [0.5, 0.6) is 0 Å². The first-order chi connectivity index (χ1) is 8.83. The summed E-state index contributed by atoms with van der Waals surface area (Å²) in [6.45, 7) is 4.71. The lowest BCUT2D eigenvalue weighted by molar-refractivity contribution is -0.120. The van der Waals surface area contributed by atoms with Gasteiger partial charge in [-0.2, -0.15) is 0 Å². The molecular formula is C14H22N2OS. The summed E-state index contributed by atoms with van der Waals surface area (Å²) >= 11 is 1.72. The average Bonchev–Trinajstić information content (AvgIpc) is 2.40. The zero-order valence-corrected chi connectivity index (χ0v) is 11.8. The molecular weight excluding hydrogens is 244 g/mol. The van der Waals surface area contributed by atoms with Crippen molar-refractivity contribution in [3.8, 4) is 0 Å². The molecule has 2 N–H and O–H groups in total. The monoisotopic (exact) mass is 266 g/mol. The molecule has 1 aromatic rings. The van der Waals surface area contributed by atoms with Crippen LogP contribution in [0.1, 0.15) is 19.8 Å². The lowest BCUT2D eigenvalue weighted by atomic mass is 10.4. The van der Waals surface area contributed by atoms with Crippen LogP contribution in [-0.2, 0) is 4.79 Å². The van der Waals surface area contributed by atoms with Crippen molar-refractivity contribution >= 4 is 17.7 Å². The van der Waals surface area contributed by atoms with E-state index in [4.69, 9.17) is 0 Å². The minimum Gasteiger partial charge on any atom is -0.355 e. The number of hydrogen-bond donors (Lipinski definition) is 2. The summed E-state index contributed by atoms with van der Waals surface area (Å²) < 4.78 is 0. The number of amides is 1. The molecule has 0 aliphatic rings. The highest BCUT2D eigenvalue weighted by Gasteiger charge is 2.00. The molecule has 0 aromatic heterocycles. The van der Waals surface area contributed by atoms with Crippen LogP contribution in [0.15, 0.2) is 35.2 Å². The molecule has 100 valence electrons. The Balaban J connectivity index is 2.00. The van der Waals surface area contributed by atoms with E-state index in [2.05, 4.69) is 29.7 Å². The largest absolute Gasteiger partial charge is 0.355 e. The lowest BCUT2D eigenvalue weighted by Crippen LogP contribution is -2.32.